The third-order valence-electron chi connectivity index (χ3n) is 4.16. The van der Waals surface area contributed by atoms with Crippen molar-refractivity contribution in [1.82, 2.24) is 0 Å². The Balaban J connectivity index is 2.17. The number of aliphatic hydroxyl groups is 1. The second kappa shape index (κ2) is 7.36. The van der Waals surface area contributed by atoms with E-state index < -0.39 is 10.7 Å². The van der Waals surface area contributed by atoms with Crippen LogP contribution in [-0.4, -0.2) is 22.7 Å². The van der Waals surface area contributed by atoms with Gasteiger partial charge in [-0.2, -0.15) is 0 Å². The minimum atomic E-state index is -0.622. The quantitative estimate of drug-likeness (QED) is 0.622. The molecule has 1 unspecified atom stereocenters. The van der Waals surface area contributed by atoms with E-state index in [1.807, 2.05) is 0 Å². The molecule has 116 valence electrons. The molecular weight excluding hydrogens is 275 g/mol. The number of hydrogen-bond donors (Lipinski definition) is 2. The Morgan fingerprint density at radius 1 is 1.38 bits per heavy atom. The van der Waals surface area contributed by atoms with Crippen LogP contribution in [-0.2, 0) is 0 Å². The van der Waals surface area contributed by atoms with Gasteiger partial charge in [-0.3, -0.25) is 10.1 Å². The molecule has 1 aromatic rings. The summed E-state index contributed by atoms with van der Waals surface area (Å²) in [4.78, 5) is 10.5. The third-order valence-corrected chi connectivity index (χ3v) is 4.16. The smallest absolute Gasteiger partial charge is 0.295 e. The van der Waals surface area contributed by atoms with E-state index >= 15 is 0 Å². The van der Waals surface area contributed by atoms with E-state index in [0.29, 0.717) is 18.0 Å². The van der Waals surface area contributed by atoms with Crippen molar-refractivity contribution in [2.45, 2.75) is 44.6 Å². The van der Waals surface area contributed by atoms with Crippen LogP contribution in [0.25, 0.3) is 0 Å². The fourth-order valence-electron chi connectivity index (χ4n) is 3.08. The van der Waals surface area contributed by atoms with Crippen LogP contribution in [0.2, 0.25) is 0 Å². The molecule has 0 bridgehead atoms. The van der Waals surface area contributed by atoms with Gasteiger partial charge in [0.2, 0.25) is 0 Å². The fourth-order valence-corrected chi connectivity index (χ4v) is 3.08. The number of nitro benzene ring substituents is 1. The molecule has 5 nitrogen and oxygen atoms in total. The zero-order valence-electron chi connectivity index (χ0n) is 11.9. The zero-order chi connectivity index (χ0) is 15.2. The molecule has 1 aliphatic carbocycles. The zero-order valence-corrected chi connectivity index (χ0v) is 11.9. The molecular formula is C15H21FN2O3. The molecule has 1 aromatic carbocycles. The number of halogens is 1. The summed E-state index contributed by atoms with van der Waals surface area (Å²) in [6.07, 6.45) is 6.19. The first-order chi connectivity index (χ1) is 10.1. The topological polar surface area (TPSA) is 75.4 Å². The van der Waals surface area contributed by atoms with E-state index in [-0.39, 0.29) is 18.3 Å². The highest BCUT2D eigenvalue weighted by Crippen LogP contribution is 2.32. The van der Waals surface area contributed by atoms with E-state index in [0.717, 1.165) is 31.7 Å². The number of hydrogen-bond acceptors (Lipinski definition) is 4. The standard InChI is InChI=1S/C15H21FN2O3/c16-12-6-7-14(15(10-12)18(20)21)17-13(8-9-19)11-4-2-1-3-5-11/h6-7,10-11,13,17,19H,1-5,8-9H2. The van der Waals surface area contributed by atoms with E-state index in [9.17, 15) is 19.6 Å². The monoisotopic (exact) mass is 296 g/mol. The first kappa shape index (κ1) is 15.7. The van der Waals surface area contributed by atoms with Crippen molar-refractivity contribution in [2.24, 2.45) is 5.92 Å². The molecule has 0 aliphatic heterocycles. The SMILES string of the molecule is O=[N+]([O-])c1cc(F)ccc1NC(CCO)C1CCCCC1. The number of nitrogens with one attached hydrogen (secondary N) is 1. The maximum atomic E-state index is 13.2. The molecule has 0 amide bonds. The molecule has 21 heavy (non-hydrogen) atoms. The van der Waals surface area contributed by atoms with Gasteiger partial charge in [0.1, 0.15) is 11.5 Å². The highest BCUT2D eigenvalue weighted by molar-refractivity contribution is 5.61. The molecule has 1 fully saturated rings. The second-order valence-corrected chi connectivity index (χ2v) is 5.58. The molecule has 0 aromatic heterocycles. The normalized spacial score (nSPS) is 17.4. The highest BCUT2D eigenvalue weighted by atomic mass is 19.1. The molecule has 0 heterocycles. The van der Waals surface area contributed by atoms with E-state index in [1.165, 1.54) is 18.6 Å². The third kappa shape index (κ3) is 4.14. The summed E-state index contributed by atoms with van der Waals surface area (Å²) in [6.45, 7) is 0.0309. The van der Waals surface area contributed by atoms with Crippen molar-refractivity contribution >= 4 is 11.4 Å². The maximum absolute atomic E-state index is 13.2. The summed E-state index contributed by atoms with van der Waals surface area (Å²) in [6, 6.07) is 3.53. The summed E-state index contributed by atoms with van der Waals surface area (Å²) in [5.41, 5.74) is 0.0687. The van der Waals surface area contributed by atoms with Crippen LogP contribution in [0.4, 0.5) is 15.8 Å². The Kier molecular flexibility index (Phi) is 5.50. The van der Waals surface area contributed by atoms with Gasteiger partial charge in [-0.25, -0.2) is 4.39 Å². The van der Waals surface area contributed by atoms with Gasteiger partial charge in [0, 0.05) is 12.6 Å². The molecule has 1 saturated carbocycles. The fraction of sp³-hybridized carbons (Fsp3) is 0.600. The molecule has 1 atom stereocenters. The van der Waals surface area contributed by atoms with E-state index in [1.54, 1.807) is 0 Å². The number of nitrogens with zero attached hydrogens (tertiary/aromatic N) is 1. The van der Waals surface area contributed by atoms with Crippen molar-refractivity contribution < 1.29 is 14.4 Å². The van der Waals surface area contributed by atoms with Gasteiger partial charge >= 0.3 is 0 Å². The number of nitro groups is 1. The van der Waals surface area contributed by atoms with Crippen LogP contribution in [0.1, 0.15) is 38.5 Å². The minimum absolute atomic E-state index is 0.0144. The summed E-state index contributed by atoms with van der Waals surface area (Å²) < 4.78 is 13.2. The van der Waals surface area contributed by atoms with Gasteiger partial charge in [0.15, 0.2) is 0 Å². The molecule has 0 spiro atoms. The lowest BCUT2D eigenvalue weighted by atomic mass is 9.82. The number of anilines is 1. The van der Waals surface area contributed by atoms with E-state index in [2.05, 4.69) is 5.32 Å². The van der Waals surface area contributed by atoms with Gasteiger partial charge < -0.3 is 10.4 Å². The number of rotatable bonds is 6. The van der Waals surface area contributed by atoms with Gasteiger partial charge in [-0.05, 0) is 37.3 Å². The molecule has 0 radical (unpaired) electrons. The van der Waals surface area contributed by atoms with Crippen LogP contribution in [0, 0.1) is 21.8 Å². The maximum Gasteiger partial charge on any atom is 0.295 e. The summed E-state index contributed by atoms with van der Waals surface area (Å²) in [5.74, 6) is -0.223. The molecule has 2 N–H and O–H groups in total. The largest absolute Gasteiger partial charge is 0.396 e. The highest BCUT2D eigenvalue weighted by Gasteiger charge is 2.25. The first-order valence-corrected chi connectivity index (χ1v) is 7.43. The Hall–Kier alpha value is -1.69. The van der Waals surface area contributed by atoms with Gasteiger partial charge in [0.05, 0.1) is 11.0 Å². The van der Waals surface area contributed by atoms with Crippen molar-refractivity contribution in [3.8, 4) is 0 Å². The van der Waals surface area contributed by atoms with Crippen molar-refractivity contribution in [3.63, 3.8) is 0 Å². The molecule has 6 heteroatoms. The predicted molar refractivity (Wildman–Crippen MR) is 78.7 cm³/mol. The van der Waals surface area contributed by atoms with Gasteiger partial charge in [-0.1, -0.05) is 19.3 Å². The lowest BCUT2D eigenvalue weighted by molar-refractivity contribution is -0.384. The van der Waals surface area contributed by atoms with Crippen LogP contribution in [0.15, 0.2) is 18.2 Å². The number of benzene rings is 1. The van der Waals surface area contributed by atoms with Crippen molar-refractivity contribution in [1.29, 1.82) is 0 Å². The Morgan fingerprint density at radius 2 is 2.10 bits per heavy atom. The second-order valence-electron chi connectivity index (χ2n) is 5.58. The lowest BCUT2D eigenvalue weighted by Gasteiger charge is -2.31. The average molecular weight is 296 g/mol. The summed E-state index contributed by atoms with van der Waals surface area (Å²) >= 11 is 0. The Labute approximate surface area is 123 Å². The Bertz CT molecular complexity index is 490. The average Bonchev–Trinajstić information content (AvgIpc) is 2.49. The summed E-state index contributed by atoms with van der Waals surface area (Å²) in [5, 5.41) is 23.4. The Morgan fingerprint density at radius 3 is 2.71 bits per heavy atom. The van der Waals surface area contributed by atoms with Crippen molar-refractivity contribution in [3.05, 3.63) is 34.1 Å². The minimum Gasteiger partial charge on any atom is -0.396 e. The van der Waals surface area contributed by atoms with Crippen LogP contribution in [0.3, 0.4) is 0 Å². The molecule has 0 saturated heterocycles. The molecule has 2 rings (SSSR count). The summed E-state index contributed by atoms with van der Waals surface area (Å²) in [7, 11) is 0. The predicted octanol–water partition coefficient (Wildman–Crippen LogP) is 3.48. The van der Waals surface area contributed by atoms with Crippen LogP contribution in [0.5, 0.6) is 0 Å². The van der Waals surface area contributed by atoms with Gasteiger partial charge in [0.25, 0.3) is 5.69 Å². The first-order valence-electron chi connectivity index (χ1n) is 7.43. The van der Waals surface area contributed by atoms with E-state index in [4.69, 9.17) is 0 Å². The van der Waals surface area contributed by atoms with Crippen LogP contribution >= 0.6 is 0 Å². The van der Waals surface area contributed by atoms with Crippen LogP contribution < -0.4 is 5.32 Å². The number of aliphatic hydroxyl groups excluding tert-OH is 1. The van der Waals surface area contributed by atoms with Gasteiger partial charge in [-0.15, -0.1) is 0 Å². The molecule has 1 aliphatic rings. The van der Waals surface area contributed by atoms with Crippen molar-refractivity contribution in [2.75, 3.05) is 11.9 Å². The lowest BCUT2D eigenvalue weighted by Crippen LogP contribution is -2.32.